The van der Waals surface area contributed by atoms with E-state index in [4.69, 9.17) is 0 Å². The van der Waals surface area contributed by atoms with Crippen LogP contribution in [0.25, 0.3) is 0 Å². The molecule has 0 aromatic rings. The first-order valence-electron chi connectivity index (χ1n) is 4.90. The van der Waals surface area contributed by atoms with Gasteiger partial charge in [-0.15, -0.1) is 0 Å². The highest BCUT2D eigenvalue weighted by atomic mass is 14.7. The van der Waals surface area contributed by atoms with Gasteiger partial charge < -0.3 is 0 Å². The summed E-state index contributed by atoms with van der Waals surface area (Å²) in [6, 6.07) is 0. The van der Waals surface area contributed by atoms with E-state index in [1.54, 1.807) is 0 Å². The fraction of sp³-hybridized carbons (Fsp3) is 1.00. The van der Waals surface area contributed by atoms with Crippen LogP contribution in [0.2, 0.25) is 0 Å². The van der Waals surface area contributed by atoms with Crippen molar-refractivity contribution in [2.24, 2.45) is 28.6 Å². The molecule has 0 spiro atoms. The van der Waals surface area contributed by atoms with Crippen LogP contribution in [0.3, 0.4) is 0 Å². The van der Waals surface area contributed by atoms with Crippen molar-refractivity contribution in [2.45, 2.75) is 41.0 Å². The van der Waals surface area contributed by atoms with Crippen molar-refractivity contribution in [1.82, 2.24) is 0 Å². The third-order valence-electron chi connectivity index (χ3n) is 4.95. The highest BCUT2D eigenvalue weighted by molar-refractivity contribution is 5.17. The molecular weight excluding hydrogens is 132 g/mol. The topological polar surface area (TPSA) is 0 Å². The van der Waals surface area contributed by atoms with Crippen LogP contribution in [0.15, 0.2) is 0 Å². The lowest BCUT2D eigenvalue weighted by molar-refractivity contribution is -0.266. The standard InChI is InChI=1S/C11H20/c1-7-6-11(5)8(2)10(3,4)9(7)11/h7-9H,6H2,1-5H3. The van der Waals surface area contributed by atoms with E-state index in [0.717, 1.165) is 23.2 Å². The van der Waals surface area contributed by atoms with E-state index < -0.39 is 0 Å². The highest BCUT2D eigenvalue weighted by Gasteiger charge is 2.69. The van der Waals surface area contributed by atoms with Crippen LogP contribution in [0.1, 0.15) is 41.0 Å². The van der Waals surface area contributed by atoms with Crippen LogP contribution in [-0.4, -0.2) is 0 Å². The van der Waals surface area contributed by atoms with Crippen LogP contribution in [0.4, 0.5) is 0 Å². The summed E-state index contributed by atoms with van der Waals surface area (Å²) in [5.41, 5.74) is 1.36. The SMILES string of the molecule is CC1CC2(C)C(C)C(C)(C)C12. The van der Waals surface area contributed by atoms with Gasteiger partial charge in [-0.2, -0.15) is 0 Å². The normalized spacial score (nSPS) is 59.2. The molecule has 2 rings (SSSR count). The predicted molar refractivity (Wildman–Crippen MR) is 48.3 cm³/mol. The Morgan fingerprint density at radius 3 is 1.91 bits per heavy atom. The van der Waals surface area contributed by atoms with Crippen LogP contribution < -0.4 is 0 Å². The highest BCUT2D eigenvalue weighted by Crippen LogP contribution is 2.75. The van der Waals surface area contributed by atoms with Gasteiger partial charge in [-0.25, -0.2) is 0 Å². The Balaban J connectivity index is 2.23. The Hall–Kier alpha value is 0. The fourth-order valence-corrected chi connectivity index (χ4v) is 4.48. The first-order valence-corrected chi connectivity index (χ1v) is 4.90. The molecule has 11 heavy (non-hydrogen) atoms. The second-order valence-corrected chi connectivity index (χ2v) is 5.71. The summed E-state index contributed by atoms with van der Waals surface area (Å²) in [7, 11) is 0. The van der Waals surface area contributed by atoms with Crippen molar-refractivity contribution >= 4 is 0 Å². The molecule has 0 amide bonds. The van der Waals surface area contributed by atoms with Gasteiger partial charge in [-0.1, -0.05) is 34.6 Å². The Kier molecular flexibility index (Phi) is 1.16. The molecule has 2 fully saturated rings. The third kappa shape index (κ3) is 0.588. The van der Waals surface area contributed by atoms with Gasteiger partial charge in [0.05, 0.1) is 0 Å². The average Bonchev–Trinajstić information content (AvgIpc) is 1.83. The molecule has 0 nitrogen and oxygen atoms in total. The van der Waals surface area contributed by atoms with Gasteiger partial charge in [-0.05, 0) is 35.0 Å². The maximum Gasteiger partial charge on any atom is -0.0256 e. The molecule has 4 atom stereocenters. The van der Waals surface area contributed by atoms with Gasteiger partial charge in [0.25, 0.3) is 0 Å². The monoisotopic (exact) mass is 152 g/mol. The lowest BCUT2D eigenvalue weighted by atomic mass is 9.30. The second-order valence-electron chi connectivity index (χ2n) is 5.71. The zero-order valence-corrected chi connectivity index (χ0v) is 8.44. The number of fused-ring (bicyclic) bond motifs is 1. The Bertz CT molecular complexity index is 181. The minimum atomic E-state index is 0.631. The smallest absolute Gasteiger partial charge is 0.0256 e. The van der Waals surface area contributed by atoms with E-state index in [0.29, 0.717) is 5.41 Å². The van der Waals surface area contributed by atoms with Gasteiger partial charge in [-0.3, -0.25) is 0 Å². The molecule has 0 aromatic carbocycles. The average molecular weight is 152 g/mol. The summed E-state index contributed by atoms with van der Waals surface area (Å²) in [5.74, 6) is 2.95. The van der Waals surface area contributed by atoms with Crippen molar-refractivity contribution < 1.29 is 0 Å². The molecular formula is C11H20. The quantitative estimate of drug-likeness (QED) is 0.499. The van der Waals surface area contributed by atoms with Crippen molar-refractivity contribution in [1.29, 1.82) is 0 Å². The molecule has 0 saturated heterocycles. The van der Waals surface area contributed by atoms with Crippen LogP contribution in [0, 0.1) is 28.6 Å². The number of hydrogen-bond donors (Lipinski definition) is 0. The first kappa shape index (κ1) is 7.64. The molecule has 0 heterocycles. The first-order chi connectivity index (χ1) is 4.90. The third-order valence-corrected chi connectivity index (χ3v) is 4.95. The largest absolute Gasteiger partial charge is 0.0622 e. The lowest BCUT2D eigenvalue weighted by Crippen LogP contribution is -2.69. The van der Waals surface area contributed by atoms with E-state index in [1.807, 2.05) is 0 Å². The van der Waals surface area contributed by atoms with Gasteiger partial charge in [0.2, 0.25) is 0 Å². The molecule has 2 aliphatic carbocycles. The summed E-state index contributed by atoms with van der Waals surface area (Å²) in [6.07, 6.45) is 1.47. The molecule has 0 aromatic heterocycles. The Morgan fingerprint density at radius 1 is 1.09 bits per heavy atom. The van der Waals surface area contributed by atoms with Crippen LogP contribution in [-0.2, 0) is 0 Å². The van der Waals surface area contributed by atoms with E-state index in [2.05, 4.69) is 34.6 Å². The van der Waals surface area contributed by atoms with Gasteiger partial charge in [0.1, 0.15) is 0 Å². The van der Waals surface area contributed by atoms with Crippen molar-refractivity contribution in [2.75, 3.05) is 0 Å². The van der Waals surface area contributed by atoms with E-state index in [1.165, 1.54) is 6.42 Å². The summed E-state index contributed by atoms with van der Waals surface area (Å²) in [6.45, 7) is 12.2. The van der Waals surface area contributed by atoms with Gasteiger partial charge in [0, 0.05) is 0 Å². The Morgan fingerprint density at radius 2 is 1.64 bits per heavy atom. The Labute approximate surface area is 70.4 Å². The maximum absolute atomic E-state index is 2.48. The maximum atomic E-state index is 2.48. The summed E-state index contributed by atoms with van der Waals surface area (Å²) in [5, 5.41) is 0. The van der Waals surface area contributed by atoms with E-state index >= 15 is 0 Å². The van der Waals surface area contributed by atoms with Crippen molar-refractivity contribution in [3.8, 4) is 0 Å². The second kappa shape index (κ2) is 1.67. The molecule has 0 radical (unpaired) electrons. The minimum Gasteiger partial charge on any atom is -0.0622 e. The molecule has 0 heteroatoms. The zero-order valence-electron chi connectivity index (χ0n) is 8.44. The molecule has 0 bridgehead atoms. The summed E-state index contributed by atoms with van der Waals surface area (Å²) in [4.78, 5) is 0. The van der Waals surface area contributed by atoms with Crippen molar-refractivity contribution in [3.63, 3.8) is 0 Å². The summed E-state index contributed by atoms with van der Waals surface area (Å²) >= 11 is 0. The van der Waals surface area contributed by atoms with Gasteiger partial charge in [0.15, 0.2) is 0 Å². The van der Waals surface area contributed by atoms with Crippen LogP contribution in [0.5, 0.6) is 0 Å². The molecule has 64 valence electrons. The van der Waals surface area contributed by atoms with Gasteiger partial charge >= 0.3 is 0 Å². The lowest BCUT2D eigenvalue weighted by Gasteiger charge is -2.75. The molecule has 0 N–H and O–H groups in total. The fourth-order valence-electron chi connectivity index (χ4n) is 4.48. The van der Waals surface area contributed by atoms with Crippen LogP contribution >= 0.6 is 0 Å². The molecule has 4 unspecified atom stereocenters. The van der Waals surface area contributed by atoms with E-state index in [-0.39, 0.29) is 0 Å². The summed E-state index contributed by atoms with van der Waals surface area (Å²) < 4.78 is 0. The predicted octanol–water partition coefficient (Wildman–Crippen LogP) is 3.32. The molecule has 2 aliphatic rings. The number of rotatable bonds is 0. The minimum absolute atomic E-state index is 0.631. The van der Waals surface area contributed by atoms with Crippen molar-refractivity contribution in [3.05, 3.63) is 0 Å². The zero-order chi connectivity index (χ0) is 8.44. The molecule has 2 saturated carbocycles. The number of hydrogen-bond acceptors (Lipinski definition) is 0. The molecule has 0 aliphatic heterocycles. The van der Waals surface area contributed by atoms with E-state index in [9.17, 15) is 0 Å².